The standard InChI is InChI=1S/C14H19N3O2/c15-12-7-10(1-2-11(12)14(18)19)16-13-8-17-5-3-9(13)4-6-17/h1-2,7,9,13,16H,3-6,8,15H2,(H,18,19). The zero-order chi connectivity index (χ0) is 13.4. The summed E-state index contributed by atoms with van der Waals surface area (Å²) >= 11 is 0. The van der Waals surface area contributed by atoms with E-state index in [1.807, 2.05) is 0 Å². The van der Waals surface area contributed by atoms with Crippen molar-refractivity contribution < 1.29 is 9.90 Å². The number of rotatable bonds is 3. The molecule has 1 unspecified atom stereocenters. The highest BCUT2D eigenvalue weighted by Gasteiger charge is 2.33. The molecule has 4 rings (SSSR count). The predicted molar refractivity (Wildman–Crippen MR) is 74.4 cm³/mol. The van der Waals surface area contributed by atoms with Gasteiger partial charge in [0.25, 0.3) is 0 Å². The molecule has 0 aliphatic carbocycles. The monoisotopic (exact) mass is 261 g/mol. The van der Waals surface area contributed by atoms with Crippen molar-refractivity contribution in [2.75, 3.05) is 30.7 Å². The number of piperidine rings is 3. The van der Waals surface area contributed by atoms with Gasteiger partial charge in [-0.15, -0.1) is 0 Å². The fourth-order valence-electron chi connectivity index (χ4n) is 3.19. The number of hydrogen-bond acceptors (Lipinski definition) is 4. The lowest BCUT2D eigenvalue weighted by molar-refractivity contribution is 0.0698. The van der Waals surface area contributed by atoms with Gasteiger partial charge in [-0.05, 0) is 50.0 Å². The summed E-state index contributed by atoms with van der Waals surface area (Å²) in [7, 11) is 0. The van der Waals surface area contributed by atoms with E-state index in [9.17, 15) is 4.79 Å². The van der Waals surface area contributed by atoms with Gasteiger partial charge in [0.05, 0.1) is 5.56 Å². The van der Waals surface area contributed by atoms with Crippen LogP contribution in [0.2, 0.25) is 0 Å². The van der Waals surface area contributed by atoms with Gasteiger partial charge in [-0.3, -0.25) is 0 Å². The normalized spacial score (nSPS) is 29.2. The number of carboxylic acids is 1. The summed E-state index contributed by atoms with van der Waals surface area (Å²) < 4.78 is 0. The Balaban J connectivity index is 1.73. The summed E-state index contributed by atoms with van der Waals surface area (Å²) in [5.41, 5.74) is 7.17. The van der Waals surface area contributed by atoms with Crippen LogP contribution in [0.25, 0.3) is 0 Å². The van der Waals surface area contributed by atoms with E-state index >= 15 is 0 Å². The van der Waals surface area contributed by atoms with E-state index in [1.54, 1.807) is 18.2 Å². The molecular formula is C14H19N3O2. The van der Waals surface area contributed by atoms with E-state index in [-0.39, 0.29) is 5.56 Å². The van der Waals surface area contributed by atoms with E-state index in [0.717, 1.165) is 18.2 Å². The molecule has 0 amide bonds. The van der Waals surface area contributed by atoms with Gasteiger partial charge in [-0.25, -0.2) is 4.79 Å². The summed E-state index contributed by atoms with van der Waals surface area (Å²) in [6.07, 6.45) is 2.50. The van der Waals surface area contributed by atoms with Crippen molar-refractivity contribution in [1.29, 1.82) is 0 Å². The summed E-state index contributed by atoms with van der Waals surface area (Å²) in [5.74, 6) is -0.253. The first kappa shape index (κ1) is 12.3. The Morgan fingerprint density at radius 2 is 2.11 bits per heavy atom. The SMILES string of the molecule is Nc1cc(NC2CN3CCC2CC3)ccc1C(=O)O. The second kappa shape index (κ2) is 4.74. The molecule has 3 saturated heterocycles. The molecule has 5 nitrogen and oxygen atoms in total. The van der Waals surface area contributed by atoms with E-state index in [2.05, 4.69) is 10.2 Å². The lowest BCUT2D eigenvalue weighted by Gasteiger charge is -2.45. The summed E-state index contributed by atoms with van der Waals surface area (Å²) in [6, 6.07) is 5.55. The van der Waals surface area contributed by atoms with E-state index in [1.165, 1.54) is 25.9 Å². The Hall–Kier alpha value is -1.75. The van der Waals surface area contributed by atoms with Crippen LogP contribution in [0.1, 0.15) is 23.2 Å². The summed E-state index contributed by atoms with van der Waals surface area (Å²) in [4.78, 5) is 13.4. The maximum atomic E-state index is 10.9. The first-order chi connectivity index (χ1) is 9.13. The first-order valence-electron chi connectivity index (χ1n) is 6.75. The van der Waals surface area contributed by atoms with Crippen molar-refractivity contribution in [3.8, 4) is 0 Å². The zero-order valence-electron chi connectivity index (χ0n) is 10.8. The summed E-state index contributed by atoms with van der Waals surface area (Å²) in [5, 5.41) is 12.5. The van der Waals surface area contributed by atoms with Gasteiger partial charge in [0.1, 0.15) is 0 Å². The minimum Gasteiger partial charge on any atom is -0.478 e. The van der Waals surface area contributed by atoms with Gasteiger partial charge in [0.15, 0.2) is 0 Å². The summed E-state index contributed by atoms with van der Waals surface area (Å²) in [6.45, 7) is 3.50. The highest BCUT2D eigenvalue weighted by atomic mass is 16.4. The van der Waals surface area contributed by atoms with Gasteiger partial charge in [0.2, 0.25) is 0 Å². The van der Waals surface area contributed by atoms with Gasteiger partial charge >= 0.3 is 5.97 Å². The number of nitrogens with one attached hydrogen (secondary N) is 1. The molecule has 3 fully saturated rings. The van der Waals surface area contributed by atoms with E-state index in [4.69, 9.17) is 10.8 Å². The van der Waals surface area contributed by atoms with Crippen molar-refractivity contribution in [1.82, 2.24) is 4.90 Å². The number of anilines is 2. The first-order valence-corrected chi connectivity index (χ1v) is 6.75. The lowest BCUT2D eigenvalue weighted by Crippen LogP contribution is -2.53. The predicted octanol–water partition coefficient (Wildman–Crippen LogP) is 1.47. The van der Waals surface area contributed by atoms with Crippen LogP contribution in [-0.4, -0.2) is 41.7 Å². The van der Waals surface area contributed by atoms with Gasteiger partial charge < -0.3 is 21.1 Å². The molecule has 0 spiro atoms. The maximum Gasteiger partial charge on any atom is 0.337 e. The number of nitrogen functional groups attached to an aromatic ring is 1. The molecule has 3 heterocycles. The number of nitrogens with two attached hydrogens (primary N) is 1. The molecular weight excluding hydrogens is 242 g/mol. The van der Waals surface area contributed by atoms with Crippen LogP contribution in [0, 0.1) is 5.92 Å². The van der Waals surface area contributed by atoms with Crippen molar-refractivity contribution in [3.05, 3.63) is 23.8 Å². The molecule has 1 aromatic carbocycles. The lowest BCUT2D eigenvalue weighted by atomic mass is 9.84. The molecule has 0 aromatic heterocycles. The minimum atomic E-state index is -0.980. The van der Waals surface area contributed by atoms with Crippen LogP contribution in [0.3, 0.4) is 0 Å². The molecule has 4 N–H and O–H groups in total. The fourth-order valence-corrected chi connectivity index (χ4v) is 3.19. The molecule has 3 aliphatic rings. The molecule has 0 radical (unpaired) electrons. The van der Waals surface area contributed by atoms with Crippen LogP contribution in [-0.2, 0) is 0 Å². The number of aromatic carboxylic acids is 1. The smallest absolute Gasteiger partial charge is 0.337 e. The molecule has 102 valence electrons. The van der Waals surface area contributed by atoms with Crippen molar-refractivity contribution in [2.45, 2.75) is 18.9 Å². The maximum absolute atomic E-state index is 10.9. The Labute approximate surface area is 112 Å². The van der Waals surface area contributed by atoms with Gasteiger partial charge in [-0.1, -0.05) is 0 Å². The average Bonchev–Trinajstić information content (AvgIpc) is 2.39. The van der Waals surface area contributed by atoms with Crippen LogP contribution < -0.4 is 11.1 Å². The van der Waals surface area contributed by atoms with Crippen molar-refractivity contribution >= 4 is 17.3 Å². The molecule has 1 aromatic rings. The third kappa shape index (κ3) is 2.38. The second-order valence-corrected chi connectivity index (χ2v) is 5.50. The Bertz CT molecular complexity index is 495. The minimum absolute atomic E-state index is 0.166. The van der Waals surface area contributed by atoms with Crippen LogP contribution in [0.5, 0.6) is 0 Å². The molecule has 1 atom stereocenters. The van der Waals surface area contributed by atoms with E-state index in [0.29, 0.717) is 11.7 Å². The molecule has 3 aliphatic heterocycles. The topological polar surface area (TPSA) is 78.6 Å². The molecule has 19 heavy (non-hydrogen) atoms. The van der Waals surface area contributed by atoms with Crippen molar-refractivity contribution in [3.63, 3.8) is 0 Å². The Morgan fingerprint density at radius 3 is 2.63 bits per heavy atom. The van der Waals surface area contributed by atoms with Crippen LogP contribution in [0.15, 0.2) is 18.2 Å². The highest BCUT2D eigenvalue weighted by molar-refractivity contribution is 5.94. The Morgan fingerprint density at radius 1 is 1.37 bits per heavy atom. The number of benzene rings is 1. The van der Waals surface area contributed by atoms with Crippen LogP contribution in [0.4, 0.5) is 11.4 Å². The third-order valence-electron chi connectivity index (χ3n) is 4.29. The molecule has 5 heteroatoms. The molecule has 0 saturated carbocycles. The van der Waals surface area contributed by atoms with Crippen molar-refractivity contribution in [2.24, 2.45) is 5.92 Å². The fraction of sp³-hybridized carbons (Fsp3) is 0.500. The number of fused-ring (bicyclic) bond motifs is 3. The largest absolute Gasteiger partial charge is 0.478 e. The zero-order valence-corrected chi connectivity index (χ0v) is 10.8. The number of carbonyl (C=O) groups is 1. The average molecular weight is 261 g/mol. The van der Waals surface area contributed by atoms with Crippen LogP contribution >= 0.6 is 0 Å². The van der Waals surface area contributed by atoms with Gasteiger partial charge in [0, 0.05) is 24.0 Å². The third-order valence-corrected chi connectivity index (χ3v) is 4.29. The number of nitrogens with zero attached hydrogens (tertiary/aromatic N) is 1. The number of carboxylic acid groups (broad SMARTS) is 1. The molecule has 2 bridgehead atoms. The quantitative estimate of drug-likeness (QED) is 0.718. The van der Waals surface area contributed by atoms with Gasteiger partial charge in [-0.2, -0.15) is 0 Å². The number of hydrogen-bond donors (Lipinski definition) is 3. The second-order valence-electron chi connectivity index (χ2n) is 5.50. The highest BCUT2D eigenvalue weighted by Crippen LogP contribution is 2.30. The van der Waals surface area contributed by atoms with E-state index < -0.39 is 5.97 Å². The Kier molecular flexibility index (Phi) is 3.06.